The topological polar surface area (TPSA) is 82.0 Å². The average molecular weight is 261 g/mol. The Morgan fingerprint density at radius 2 is 1.95 bits per heavy atom. The first-order valence-corrected chi connectivity index (χ1v) is 6.09. The maximum atomic E-state index is 11.6. The van der Waals surface area contributed by atoms with E-state index in [2.05, 4.69) is 10.5 Å². The Morgan fingerprint density at radius 1 is 1.26 bits per heavy atom. The number of likely N-dealkylation sites (tertiary alicyclic amines) is 1. The molecule has 0 bridgehead atoms. The van der Waals surface area contributed by atoms with Gasteiger partial charge in [0.1, 0.15) is 5.75 Å². The molecule has 2 rings (SSSR count). The van der Waals surface area contributed by atoms with Crippen molar-refractivity contribution in [2.45, 2.75) is 12.8 Å². The summed E-state index contributed by atoms with van der Waals surface area (Å²) in [7, 11) is 0. The SMILES string of the molecule is O=C(N/N=C/c1ccccc1O)C(=O)N1CCCC1. The number of nitrogens with zero attached hydrogens (tertiary/aromatic N) is 2. The van der Waals surface area contributed by atoms with Gasteiger partial charge in [-0.3, -0.25) is 9.59 Å². The zero-order valence-electron chi connectivity index (χ0n) is 10.4. The van der Waals surface area contributed by atoms with Crippen LogP contribution in [0.5, 0.6) is 5.75 Å². The molecule has 2 N–H and O–H groups in total. The molecule has 0 aliphatic carbocycles. The Bertz CT molecular complexity index is 508. The molecule has 0 unspecified atom stereocenters. The predicted octanol–water partition coefficient (Wildman–Crippen LogP) is 0.465. The van der Waals surface area contributed by atoms with Crippen LogP contribution >= 0.6 is 0 Å². The molecule has 6 nitrogen and oxygen atoms in total. The van der Waals surface area contributed by atoms with Crippen LogP contribution in [-0.4, -0.2) is 41.1 Å². The van der Waals surface area contributed by atoms with E-state index in [1.807, 2.05) is 0 Å². The van der Waals surface area contributed by atoms with Gasteiger partial charge in [-0.25, -0.2) is 5.43 Å². The Kier molecular flexibility index (Phi) is 4.12. The van der Waals surface area contributed by atoms with Gasteiger partial charge in [0.2, 0.25) is 0 Å². The number of carbonyl (C=O) groups excluding carboxylic acids is 2. The molecular formula is C13H15N3O3. The van der Waals surface area contributed by atoms with Crippen molar-refractivity contribution in [1.29, 1.82) is 0 Å². The number of hydrogen-bond acceptors (Lipinski definition) is 4. The van der Waals surface area contributed by atoms with Gasteiger partial charge in [0.25, 0.3) is 0 Å². The maximum Gasteiger partial charge on any atom is 0.329 e. The second-order valence-electron chi connectivity index (χ2n) is 4.26. The number of carbonyl (C=O) groups is 2. The van der Waals surface area contributed by atoms with Crippen LogP contribution in [0, 0.1) is 0 Å². The Hall–Kier alpha value is -2.37. The van der Waals surface area contributed by atoms with E-state index in [0.29, 0.717) is 18.7 Å². The van der Waals surface area contributed by atoms with E-state index < -0.39 is 11.8 Å². The van der Waals surface area contributed by atoms with Crippen molar-refractivity contribution in [3.8, 4) is 5.75 Å². The van der Waals surface area contributed by atoms with E-state index in [1.165, 1.54) is 17.2 Å². The molecule has 2 amide bonds. The highest BCUT2D eigenvalue weighted by atomic mass is 16.3. The minimum Gasteiger partial charge on any atom is -0.507 e. The van der Waals surface area contributed by atoms with Crippen molar-refractivity contribution in [1.82, 2.24) is 10.3 Å². The van der Waals surface area contributed by atoms with E-state index in [-0.39, 0.29) is 5.75 Å². The van der Waals surface area contributed by atoms with Crippen molar-refractivity contribution in [3.63, 3.8) is 0 Å². The van der Waals surface area contributed by atoms with Gasteiger partial charge in [-0.05, 0) is 25.0 Å². The number of phenols is 1. The van der Waals surface area contributed by atoms with E-state index in [1.54, 1.807) is 18.2 Å². The van der Waals surface area contributed by atoms with Gasteiger partial charge in [-0.15, -0.1) is 0 Å². The summed E-state index contributed by atoms with van der Waals surface area (Å²) in [5.41, 5.74) is 2.63. The predicted molar refractivity (Wildman–Crippen MR) is 69.7 cm³/mol. The summed E-state index contributed by atoms with van der Waals surface area (Å²) in [6, 6.07) is 6.58. The lowest BCUT2D eigenvalue weighted by Crippen LogP contribution is -2.39. The monoisotopic (exact) mass is 261 g/mol. The van der Waals surface area contributed by atoms with E-state index in [0.717, 1.165) is 12.8 Å². The Balaban J connectivity index is 1.89. The number of aromatic hydroxyl groups is 1. The van der Waals surface area contributed by atoms with Gasteiger partial charge < -0.3 is 10.0 Å². The number of amides is 2. The minimum atomic E-state index is -0.756. The van der Waals surface area contributed by atoms with E-state index in [4.69, 9.17) is 0 Å². The first kappa shape index (κ1) is 13.1. The quantitative estimate of drug-likeness (QED) is 0.461. The van der Waals surface area contributed by atoms with Crippen molar-refractivity contribution in [3.05, 3.63) is 29.8 Å². The zero-order chi connectivity index (χ0) is 13.7. The molecule has 1 fully saturated rings. The van der Waals surface area contributed by atoms with Crippen LogP contribution < -0.4 is 5.43 Å². The molecule has 1 aromatic carbocycles. The average Bonchev–Trinajstić information content (AvgIpc) is 2.94. The van der Waals surface area contributed by atoms with Crippen LogP contribution in [0.1, 0.15) is 18.4 Å². The molecule has 0 radical (unpaired) electrons. The molecule has 19 heavy (non-hydrogen) atoms. The summed E-state index contributed by atoms with van der Waals surface area (Å²) in [5, 5.41) is 13.1. The molecule has 100 valence electrons. The summed E-state index contributed by atoms with van der Waals surface area (Å²) < 4.78 is 0. The van der Waals surface area contributed by atoms with Crippen LogP contribution in [0.25, 0.3) is 0 Å². The van der Waals surface area contributed by atoms with Crippen molar-refractivity contribution in [2.24, 2.45) is 5.10 Å². The van der Waals surface area contributed by atoms with Gasteiger partial charge in [0, 0.05) is 18.7 Å². The van der Waals surface area contributed by atoms with E-state index >= 15 is 0 Å². The second kappa shape index (κ2) is 5.99. The van der Waals surface area contributed by atoms with Gasteiger partial charge in [-0.2, -0.15) is 5.10 Å². The molecule has 0 saturated carbocycles. The first-order chi connectivity index (χ1) is 9.18. The Labute approximate surface area is 110 Å². The molecule has 6 heteroatoms. The fourth-order valence-electron chi connectivity index (χ4n) is 1.87. The summed E-state index contributed by atoms with van der Waals surface area (Å²) in [4.78, 5) is 24.7. The number of rotatable bonds is 2. The Morgan fingerprint density at radius 3 is 2.63 bits per heavy atom. The molecular weight excluding hydrogens is 246 g/mol. The fourth-order valence-corrected chi connectivity index (χ4v) is 1.87. The number of benzene rings is 1. The smallest absolute Gasteiger partial charge is 0.329 e. The number of nitrogens with one attached hydrogen (secondary N) is 1. The van der Waals surface area contributed by atoms with Crippen molar-refractivity contribution < 1.29 is 14.7 Å². The third-order valence-corrected chi connectivity index (χ3v) is 2.89. The summed E-state index contributed by atoms with van der Waals surface area (Å²) >= 11 is 0. The largest absolute Gasteiger partial charge is 0.507 e. The lowest BCUT2D eigenvalue weighted by molar-refractivity contribution is -0.145. The van der Waals surface area contributed by atoms with Crippen molar-refractivity contribution >= 4 is 18.0 Å². The number of para-hydroxylation sites is 1. The first-order valence-electron chi connectivity index (χ1n) is 6.09. The molecule has 1 aliphatic rings. The molecule has 1 heterocycles. The van der Waals surface area contributed by atoms with Crippen LogP contribution in [0.15, 0.2) is 29.4 Å². The van der Waals surface area contributed by atoms with Gasteiger partial charge in [0.15, 0.2) is 0 Å². The van der Waals surface area contributed by atoms with E-state index in [9.17, 15) is 14.7 Å². The number of hydrazone groups is 1. The highest BCUT2D eigenvalue weighted by molar-refractivity contribution is 6.35. The van der Waals surface area contributed by atoms with Gasteiger partial charge in [0.05, 0.1) is 6.21 Å². The van der Waals surface area contributed by atoms with Crippen LogP contribution in [0.3, 0.4) is 0 Å². The number of hydrogen-bond donors (Lipinski definition) is 2. The molecule has 0 atom stereocenters. The highest BCUT2D eigenvalue weighted by Crippen LogP contribution is 2.12. The van der Waals surface area contributed by atoms with Gasteiger partial charge in [-0.1, -0.05) is 12.1 Å². The third-order valence-electron chi connectivity index (χ3n) is 2.89. The molecule has 1 aliphatic heterocycles. The minimum absolute atomic E-state index is 0.0615. The second-order valence-corrected chi connectivity index (χ2v) is 4.26. The lowest BCUT2D eigenvalue weighted by atomic mass is 10.2. The highest BCUT2D eigenvalue weighted by Gasteiger charge is 2.23. The zero-order valence-corrected chi connectivity index (χ0v) is 10.4. The summed E-state index contributed by atoms with van der Waals surface area (Å²) in [6.45, 7) is 1.24. The molecule has 1 saturated heterocycles. The molecule has 0 spiro atoms. The van der Waals surface area contributed by atoms with Crippen LogP contribution in [0.2, 0.25) is 0 Å². The standard InChI is InChI=1S/C13H15N3O3/c17-11-6-2-1-5-10(11)9-14-15-12(18)13(19)16-7-3-4-8-16/h1-2,5-6,9,17H,3-4,7-8H2,(H,15,18)/b14-9+. The molecule has 1 aromatic rings. The van der Waals surface area contributed by atoms with Crippen LogP contribution in [0.4, 0.5) is 0 Å². The van der Waals surface area contributed by atoms with Gasteiger partial charge >= 0.3 is 11.8 Å². The fraction of sp³-hybridized carbons (Fsp3) is 0.308. The lowest BCUT2D eigenvalue weighted by Gasteiger charge is -2.12. The summed E-state index contributed by atoms with van der Waals surface area (Å²) in [5.74, 6) is -1.26. The summed E-state index contributed by atoms with van der Waals surface area (Å²) in [6.07, 6.45) is 3.16. The number of phenolic OH excluding ortho intramolecular Hbond substituents is 1. The maximum absolute atomic E-state index is 11.6. The normalized spacial score (nSPS) is 14.8. The third kappa shape index (κ3) is 3.31. The molecule has 0 aromatic heterocycles. The van der Waals surface area contributed by atoms with Crippen LogP contribution in [-0.2, 0) is 9.59 Å². The van der Waals surface area contributed by atoms with Crippen molar-refractivity contribution in [2.75, 3.05) is 13.1 Å².